The van der Waals surface area contributed by atoms with Crippen LogP contribution in [-0.2, 0) is 0 Å². The molecular weight excluding hydrogens is 296 g/mol. The van der Waals surface area contributed by atoms with Crippen molar-refractivity contribution in [3.63, 3.8) is 0 Å². The monoisotopic (exact) mass is 316 g/mol. The van der Waals surface area contributed by atoms with Crippen LogP contribution in [0.15, 0.2) is 54.6 Å². The Bertz CT molecular complexity index is 817. The Morgan fingerprint density at radius 1 is 1.21 bits per heavy atom. The molecule has 3 heteroatoms. The first-order valence-corrected chi connectivity index (χ1v) is 8.50. The van der Waals surface area contributed by atoms with Crippen molar-refractivity contribution >= 4 is 5.69 Å². The zero-order valence-electron chi connectivity index (χ0n) is 13.7. The van der Waals surface area contributed by atoms with Gasteiger partial charge in [-0.2, -0.15) is 5.26 Å². The first kappa shape index (κ1) is 14.8. The summed E-state index contributed by atoms with van der Waals surface area (Å²) in [5, 5.41) is 13.1. The normalized spacial score (nSPS) is 23.8. The van der Waals surface area contributed by atoms with Gasteiger partial charge in [0.1, 0.15) is 11.8 Å². The minimum Gasteiger partial charge on any atom is -0.494 e. The molecule has 0 amide bonds. The summed E-state index contributed by atoms with van der Waals surface area (Å²) in [6.07, 6.45) is 5.63. The highest BCUT2D eigenvalue weighted by atomic mass is 16.5. The van der Waals surface area contributed by atoms with E-state index < -0.39 is 0 Å². The fraction of sp³-hybridized carbons (Fsp3) is 0.286. The predicted molar refractivity (Wildman–Crippen MR) is 95.1 cm³/mol. The van der Waals surface area contributed by atoms with Crippen molar-refractivity contribution in [1.82, 2.24) is 0 Å². The Labute approximate surface area is 142 Å². The van der Waals surface area contributed by atoms with E-state index in [0.717, 1.165) is 23.4 Å². The number of hydrogen-bond donors (Lipinski definition) is 1. The van der Waals surface area contributed by atoms with Gasteiger partial charge >= 0.3 is 0 Å². The Kier molecular flexibility index (Phi) is 3.74. The molecule has 1 aliphatic carbocycles. The molecule has 2 aliphatic rings. The van der Waals surface area contributed by atoms with Crippen LogP contribution >= 0.6 is 0 Å². The third-order valence-corrected chi connectivity index (χ3v) is 5.07. The molecule has 3 nitrogen and oxygen atoms in total. The number of hydrogen-bond acceptors (Lipinski definition) is 3. The Morgan fingerprint density at radius 2 is 2.04 bits per heavy atom. The summed E-state index contributed by atoms with van der Waals surface area (Å²) in [7, 11) is 0. The molecule has 0 saturated carbocycles. The van der Waals surface area contributed by atoms with Crippen LogP contribution in [0.25, 0.3) is 0 Å². The van der Waals surface area contributed by atoms with Gasteiger partial charge in [0.15, 0.2) is 0 Å². The minimum atomic E-state index is 0.211. The summed E-state index contributed by atoms with van der Waals surface area (Å²) in [4.78, 5) is 0. The second-order valence-corrected chi connectivity index (χ2v) is 6.36. The second-order valence-electron chi connectivity index (χ2n) is 6.36. The van der Waals surface area contributed by atoms with Gasteiger partial charge in [-0.05, 0) is 48.6 Å². The number of nitriles is 1. The molecule has 24 heavy (non-hydrogen) atoms. The van der Waals surface area contributed by atoms with Gasteiger partial charge < -0.3 is 10.1 Å². The molecule has 0 fully saturated rings. The van der Waals surface area contributed by atoms with Gasteiger partial charge in [-0.25, -0.2) is 0 Å². The van der Waals surface area contributed by atoms with Gasteiger partial charge in [0.2, 0.25) is 0 Å². The van der Waals surface area contributed by atoms with Gasteiger partial charge in [0.05, 0.1) is 23.9 Å². The lowest BCUT2D eigenvalue weighted by molar-refractivity contribution is 0.340. The van der Waals surface area contributed by atoms with Crippen LogP contribution < -0.4 is 10.1 Å². The highest BCUT2D eigenvalue weighted by Crippen LogP contribution is 2.50. The van der Waals surface area contributed by atoms with Gasteiger partial charge in [-0.3, -0.25) is 0 Å². The van der Waals surface area contributed by atoms with Crippen molar-refractivity contribution in [3.05, 3.63) is 71.3 Å². The quantitative estimate of drug-likeness (QED) is 0.829. The highest BCUT2D eigenvalue weighted by molar-refractivity contribution is 5.67. The van der Waals surface area contributed by atoms with Crippen molar-refractivity contribution in [2.24, 2.45) is 5.92 Å². The third-order valence-electron chi connectivity index (χ3n) is 5.07. The number of fused-ring (bicyclic) bond motifs is 3. The SMILES string of the molecule is CCOc1ccc(C2Nc3c(C#N)cccc3C3C=CCC32)cc1. The maximum Gasteiger partial charge on any atom is 0.119 e. The van der Waals surface area contributed by atoms with Crippen molar-refractivity contribution in [3.8, 4) is 11.8 Å². The first-order chi connectivity index (χ1) is 11.8. The number of allylic oxidation sites excluding steroid dienone is 2. The summed E-state index contributed by atoms with van der Waals surface area (Å²) in [6, 6.07) is 16.9. The molecular formula is C21H20N2O. The van der Waals surface area contributed by atoms with E-state index in [-0.39, 0.29) is 6.04 Å². The fourth-order valence-electron chi connectivity index (χ4n) is 3.98. The van der Waals surface area contributed by atoms with E-state index in [1.54, 1.807) is 0 Å². The van der Waals surface area contributed by atoms with Gasteiger partial charge in [-0.15, -0.1) is 0 Å². The number of para-hydroxylation sites is 1. The Hall–Kier alpha value is -2.73. The van der Waals surface area contributed by atoms with Crippen LogP contribution in [0.5, 0.6) is 5.75 Å². The molecule has 1 heterocycles. The van der Waals surface area contributed by atoms with Gasteiger partial charge in [-0.1, -0.05) is 36.4 Å². The predicted octanol–water partition coefficient (Wildman–Crippen LogP) is 4.78. The summed E-state index contributed by atoms with van der Waals surface area (Å²) < 4.78 is 5.55. The molecule has 0 bridgehead atoms. The number of rotatable bonds is 3. The lowest BCUT2D eigenvalue weighted by Gasteiger charge is -2.38. The van der Waals surface area contributed by atoms with Crippen LogP contribution in [-0.4, -0.2) is 6.61 Å². The smallest absolute Gasteiger partial charge is 0.119 e. The van der Waals surface area contributed by atoms with E-state index in [2.05, 4.69) is 41.7 Å². The van der Waals surface area contributed by atoms with Crippen LogP contribution in [0.3, 0.4) is 0 Å². The van der Waals surface area contributed by atoms with Crippen molar-refractivity contribution in [2.75, 3.05) is 11.9 Å². The average Bonchev–Trinajstić information content (AvgIpc) is 3.11. The van der Waals surface area contributed by atoms with E-state index in [1.165, 1.54) is 11.1 Å². The molecule has 3 unspecified atom stereocenters. The molecule has 2 aromatic carbocycles. The molecule has 0 saturated heterocycles. The van der Waals surface area contributed by atoms with Crippen molar-refractivity contribution in [1.29, 1.82) is 5.26 Å². The van der Waals surface area contributed by atoms with Crippen LogP contribution in [0, 0.1) is 17.2 Å². The van der Waals surface area contributed by atoms with Crippen LogP contribution in [0.4, 0.5) is 5.69 Å². The Morgan fingerprint density at radius 3 is 2.79 bits per heavy atom. The van der Waals surface area contributed by atoms with E-state index >= 15 is 0 Å². The van der Waals surface area contributed by atoms with Gasteiger partial charge in [0.25, 0.3) is 0 Å². The van der Waals surface area contributed by atoms with E-state index in [1.807, 2.05) is 31.2 Å². The summed E-state index contributed by atoms with van der Waals surface area (Å²) in [5.74, 6) is 1.77. The lowest BCUT2D eigenvalue weighted by atomic mass is 9.76. The molecule has 120 valence electrons. The zero-order chi connectivity index (χ0) is 16.5. The zero-order valence-corrected chi connectivity index (χ0v) is 13.7. The third kappa shape index (κ3) is 2.35. The number of nitrogens with zero attached hydrogens (tertiary/aromatic N) is 1. The molecule has 4 rings (SSSR count). The van der Waals surface area contributed by atoms with E-state index in [0.29, 0.717) is 18.4 Å². The summed E-state index contributed by atoms with van der Waals surface area (Å²) >= 11 is 0. The van der Waals surface area contributed by atoms with Crippen molar-refractivity contribution < 1.29 is 4.74 Å². The van der Waals surface area contributed by atoms with Crippen LogP contribution in [0.1, 0.15) is 42.0 Å². The number of anilines is 1. The van der Waals surface area contributed by atoms with Gasteiger partial charge in [0, 0.05) is 5.92 Å². The Balaban J connectivity index is 1.73. The maximum absolute atomic E-state index is 9.46. The fourth-order valence-corrected chi connectivity index (χ4v) is 3.98. The largest absolute Gasteiger partial charge is 0.494 e. The molecule has 0 radical (unpaired) electrons. The molecule has 3 atom stereocenters. The standard InChI is InChI=1S/C21H20N2O/c1-2-24-16-11-9-14(10-12-16)20-18-8-4-6-17(18)19-7-3-5-15(13-22)21(19)23-20/h3-7,9-12,17-18,20,23H,2,8H2,1H3. The van der Waals surface area contributed by atoms with Crippen LogP contribution in [0.2, 0.25) is 0 Å². The highest BCUT2D eigenvalue weighted by Gasteiger charge is 2.38. The van der Waals surface area contributed by atoms with E-state index in [4.69, 9.17) is 4.74 Å². The number of benzene rings is 2. The lowest BCUT2D eigenvalue weighted by Crippen LogP contribution is -2.29. The molecule has 1 aliphatic heterocycles. The van der Waals surface area contributed by atoms with E-state index in [9.17, 15) is 5.26 Å². The molecule has 0 aromatic heterocycles. The minimum absolute atomic E-state index is 0.211. The number of ether oxygens (including phenoxy) is 1. The first-order valence-electron chi connectivity index (χ1n) is 8.50. The molecule has 1 N–H and O–H groups in total. The second kappa shape index (κ2) is 6.05. The number of nitrogens with one attached hydrogen (secondary N) is 1. The summed E-state index contributed by atoms with van der Waals surface area (Å²) in [6.45, 7) is 2.67. The van der Waals surface area contributed by atoms with Crippen molar-refractivity contribution in [2.45, 2.75) is 25.3 Å². The summed E-state index contributed by atoms with van der Waals surface area (Å²) in [5.41, 5.74) is 4.21. The molecule has 0 spiro atoms. The molecule has 2 aromatic rings. The average molecular weight is 316 g/mol. The topological polar surface area (TPSA) is 45.0 Å². The maximum atomic E-state index is 9.46.